The van der Waals surface area contributed by atoms with E-state index in [-0.39, 0.29) is 6.04 Å². The van der Waals surface area contributed by atoms with E-state index in [4.69, 9.17) is 4.74 Å². The first-order valence-electron chi connectivity index (χ1n) is 6.81. The third-order valence-electron chi connectivity index (χ3n) is 3.15. The Hall–Kier alpha value is -1.04. The molecule has 3 nitrogen and oxygen atoms in total. The lowest BCUT2D eigenvalue weighted by atomic mass is 10.1. The van der Waals surface area contributed by atoms with Crippen molar-refractivity contribution < 1.29 is 4.74 Å². The second-order valence-electron chi connectivity index (χ2n) is 5.31. The molecule has 1 N–H and O–H groups in total. The van der Waals surface area contributed by atoms with Crippen LogP contribution >= 0.6 is 27.3 Å². The number of rotatable bonds is 6. The van der Waals surface area contributed by atoms with Gasteiger partial charge in [-0.1, -0.05) is 6.07 Å². The van der Waals surface area contributed by atoms with Gasteiger partial charge in [0.05, 0.1) is 18.8 Å². The first-order valence-corrected chi connectivity index (χ1v) is 8.49. The lowest BCUT2D eigenvalue weighted by Gasteiger charge is -2.18. The number of anilines is 1. The summed E-state index contributed by atoms with van der Waals surface area (Å²) in [6.45, 7) is 3.08. The van der Waals surface area contributed by atoms with Crippen molar-refractivity contribution in [3.63, 3.8) is 0 Å². The smallest absolute Gasteiger partial charge is 0.141 e. The Morgan fingerprint density at radius 2 is 2.10 bits per heavy atom. The van der Waals surface area contributed by atoms with E-state index in [1.54, 1.807) is 18.4 Å². The molecule has 114 valence electrons. The van der Waals surface area contributed by atoms with Crippen LogP contribution < -0.4 is 10.1 Å². The molecule has 1 aromatic carbocycles. The Balaban J connectivity index is 2.20. The molecule has 2 aromatic rings. The van der Waals surface area contributed by atoms with Crippen LogP contribution in [0.15, 0.2) is 34.1 Å². The SMILES string of the molecule is COc1ccc(CN(C)C)cc1NC(C)c1cc(Br)cs1. The molecule has 1 unspecified atom stereocenters. The highest BCUT2D eigenvalue weighted by Gasteiger charge is 2.12. The van der Waals surface area contributed by atoms with E-state index < -0.39 is 0 Å². The van der Waals surface area contributed by atoms with Gasteiger partial charge in [-0.2, -0.15) is 0 Å². The van der Waals surface area contributed by atoms with Crippen LogP contribution in [0.25, 0.3) is 0 Å². The third-order valence-corrected chi connectivity index (χ3v) is 5.03. The molecule has 0 aliphatic carbocycles. The molecule has 0 aliphatic heterocycles. The molecule has 5 heteroatoms. The molecule has 0 fully saturated rings. The summed E-state index contributed by atoms with van der Waals surface area (Å²) in [5.41, 5.74) is 2.30. The molecule has 0 radical (unpaired) electrons. The molecule has 0 saturated heterocycles. The van der Waals surface area contributed by atoms with Gasteiger partial charge >= 0.3 is 0 Å². The van der Waals surface area contributed by atoms with Gasteiger partial charge in [-0.05, 0) is 60.7 Å². The van der Waals surface area contributed by atoms with Crippen LogP contribution in [0.3, 0.4) is 0 Å². The van der Waals surface area contributed by atoms with Crippen molar-refractivity contribution in [3.8, 4) is 5.75 Å². The minimum atomic E-state index is 0.241. The van der Waals surface area contributed by atoms with Gasteiger partial charge < -0.3 is 15.0 Å². The third kappa shape index (κ3) is 4.46. The molecule has 1 heterocycles. The predicted molar refractivity (Wildman–Crippen MR) is 94.4 cm³/mol. The number of benzene rings is 1. The highest BCUT2D eigenvalue weighted by Crippen LogP contribution is 2.32. The quantitative estimate of drug-likeness (QED) is 0.795. The average Bonchev–Trinajstić information content (AvgIpc) is 2.85. The van der Waals surface area contributed by atoms with E-state index in [1.165, 1.54) is 10.4 Å². The van der Waals surface area contributed by atoms with E-state index in [0.29, 0.717) is 0 Å². The highest BCUT2D eigenvalue weighted by atomic mass is 79.9. The molecule has 0 spiro atoms. The Labute approximate surface area is 139 Å². The number of hydrogen-bond donors (Lipinski definition) is 1. The first kappa shape index (κ1) is 16.3. The van der Waals surface area contributed by atoms with Crippen LogP contribution in [-0.4, -0.2) is 26.1 Å². The van der Waals surface area contributed by atoms with Gasteiger partial charge in [0, 0.05) is 21.3 Å². The fourth-order valence-electron chi connectivity index (χ4n) is 2.19. The van der Waals surface area contributed by atoms with E-state index in [9.17, 15) is 0 Å². The number of halogens is 1. The Kier molecular flexibility index (Phi) is 5.67. The van der Waals surface area contributed by atoms with Gasteiger partial charge in [-0.25, -0.2) is 0 Å². The summed E-state index contributed by atoms with van der Waals surface area (Å²) in [5, 5.41) is 5.66. The van der Waals surface area contributed by atoms with Crippen molar-refractivity contribution in [3.05, 3.63) is 44.6 Å². The number of thiophene rings is 1. The standard InChI is InChI=1S/C16H21BrN2OS/c1-11(16-8-13(17)10-21-16)18-14-7-12(9-19(2)3)5-6-15(14)20-4/h5-8,10-11,18H,9H2,1-4H3. The topological polar surface area (TPSA) is 24.5 Å². The van der Waals surface area contributed by atoms with Crippen LogP contribution in [0, 0.1) is 0 Å². The Bertz CT molecular complexity index is 598. The van der Waals surface area contributed by atoms with Crippen LogP contribution in [0.1, 0.15) is 23.4 Å². The second kappa shape index (κ2) is 7.29. The van der Waals surface area contributed by atoms with Gasteiger partial charge in [-0.3, -0.25) is 0 Å². The van der Waals surface area contributed by atoms with Crippen molar-refractivity contribution in [2.24, 2.45) is 0 Å². The Morgan fingerprint density at radius 3 is 2.67 bits per heavy atom. The van der Waals surface area contributed by atoms with E-state index in [2.05, 4.69) is 70.7 Å². The van der Waals surface area contributed by atoms with Crippen molar-refractivity contribution in [2.75, 3.05) is 26.5 Å². The van der Waals surface area contributed by atoms with E-state index in [1.807, 2.05) is 6.07 Å². The minimum Gasteiger partial charge on any atom is -0.495 e. The molecule has 21 heavy (non-hydrogen) atoms. The maximum atomic E-state index is 5.47. The fourth-order valence-corrected chi connectivity index (χ4v) is 3.64. The molecule has 2 rings (SSSR count). The zero-order valence-corrected chi connectivity index (χ0v) is 15.2. The number of nitrogens with zero attached hydrogens (tertiary/aromatic N) is 1. The number of methoxy groups -OCH3 is 1. The fraction of sp³-hybridized carbons (Fsp3) is 0.375. The summed E-state index contributed by atoms with van der Waals surface area (Å²) in [5.74, 6) is 0.875. The summed E-state index contributed by atoms with van der Waals surface area (Å²) >= 11 is 5.25. The van der Waals surface area contributed by atoms with Crippen LogP contribution in [0.4, 0.5) is 5.69 Å². The van der Waals surface area contributed by atoms with Crippen molar-refractivity contribution in [1.29, 1.82) is 0 Å². The minimum absolute atomic E-state index is 0.241. The van der Waals surface area contributed by atoms with Gasteiger partial charge in [0.1, 0.15) is 5.75 Å². The van der Waals surface area contributed by atoms with Crippen molar-refractivity contribution in [2.45, 2.75) is 19.5 Å². The maximum absolute atomic E-state index is 5.47. The van der Waals surface area contributed by atoms with E-state index in [0.717, 1.165) is 22.5 Å². The first-order chi connectivity index (χ1) is 9.99. The predicted octanol–water partition coefficient (Wildman–Crippen LogP) is 4.75. The Morgan fingerprint density at radius 1 is 1.33 bits per heavy atom. The molecular formula is C16H21BrN2OS. The van der Waals surface area contributed by atoms with Gasteiger partial charge in [0.25, 0.3) is 0 Å². The monoisotopic (exact) mass is 368 g/mol. The van der Waals surface area contributed by atoms with Crippen molar-refractivity contribution >= 4 is 33.0 Å². The highest BCUT2D eigenvalue weighted by molar-refractivity contribution is 9.10. The molecule has 1 atom stereocenters. The molecule has 1 aromatic heterocycles. The summed E-state index contributed by atoms with van der Waals surface area (Å²) in [6, 6.07) is 8.69. The zero-order valence-electron chi connectivity index (χ0n) is 12.8. The lowest BCUT2D eigenvalue weighted by Crippen LogP contribution is -2.12. The summed E-state index contributed by atoms with van der Waals surface area (Å²) in [4.78, 5) is 3.45. The average molecular weight is 369 g/mol. The number of hydrogen-bond acceptors (Lipinski definition) is 4. The summed E-state index contributed by atoms with van der Waals surface area (Å²) in [6.07, 6.45) is 0. The van der Waals surface area contributed by atoms with Gasteiger partial charge in [-0.15, -0.1) is 11.3 Å². The molecule has 0 saturated carbocycles. The van der Waals surface area contributed by atoms with Crippen LogP contribution in [-0.2, 0) is 6.54 Å². The second-order valence-corrected chi connectivity index (χ2v) is 7.16. The molecular weight excluding hydrogens is 348 g/mol. The van der Waals surface area contributed by atoms with Crippen molar-refractivity contribution in [1.82, 2.24) is 4.90 Å². The lowest BCUT2D eigenvalue weighted by molar-refractivity contribution is 0.400. The maximum Gasteiger partial charge on any atom is 0.141 e. The van der Waals surface area contributed by atoms with Gasteiger partial charge in [0.15, 0.2) is 0 Å². The molecule has 0 amide bonds. The summed E-state index contributed by atoms with van der Waals surface area (Å²) < 4.78 is 6.59. The number of nitrogens with one attached hydrogen (secondary N) is 1. The van der Waals surface area contributed by atoms with Gasteiger partial charge in [0.2, 0.25) is 0 Å². The number of ether oxygens (including phenoxy) is 1. The van der Waals surface area contributed by atoms with Crippen LogP contribution in [0.5, 0.6) is 5.75 Å². The van der Waals surface area contributed by atoms with Crippen LogP contribution in [0.2, 0.25) is 0 Å². The zero-order chi connectivity index (χ0) is 15.4. The molecule has 0 bridgehead atoms. The normalized spacial score (nSPS) is 12.5. The van der Waals surface area contributed by atoms with E-state index >= 15 is 0 Å². The largest absolute Gasteiger partial charge is 0.495 e. The molecule has 0 aliphatic rings. The summed E-state index contributed by atoms with van der Waals surface area (Å²) in [7, 11) is 5.85.